The maximum Gasteiger partial charge on any atom is 0.119 e. The van der Waals surface area contributed by atoms with E-state index in [4.69, 9.17) is 9.84 Å². The van der Waals surface area contributed by atoms with Gasteiger partial charge in [0.05, 0.1) is 12.7 Å². The van der Waals surface area contributed by atoms with Crippen LogP contribution in [0, 0.1) is 0 Å². The van der Waals surface area contributed by atoms with Crippen molar-refractivity contribution in [1.29, 1.82) is 0 Å². The molecule has 1 aromatic rings. The zero-order valence-electron chi connectivity index (χ0n) is 10.0. The molecule has 0 radical (unpaired) electrons. The molecule has 1 atom stereocenters. The molecule has 3 N–H and O–H groups in total. The molecule has 4 nitrogen and oxygen atoms in total. The number of anilines is 1. The summed E-state index contributed by atoms with van der Waals surface area (Å²) in [6.07, 6.45) is -0.741. The SMILES string of the molecule is C=C(C)COc1ccc(NCC(O)CO)cc1. The minimum absolute atomic E-state index is 0.243. The number of benzene rings is 1. The van der Waals surface area contributed by atoms with Crippen molar-refractivity contribution in [3.05, 3.63) is 36.4 Å². The van der Waals surface area contributed by atoms with Crippen molar-refractivity contribution >= 4 is 5.69 Å². The molecule has 0 saturated heterocycles. The Hall–Kier alpha value is -1.52. The lowest BCUT2D eigenvalue weighted by Crippen LogP contribution is -2.22. The average molecular weight is 237 g/mol. The molecule has 1 unspecified atom stereocenters. The van der Waals surface area contributed by atoms with Gasteiger partial charge >= 0.3 is 0 Å². The quantitative estimate of drug-likeness (QED) is 0.627. The van der Waals surface area contributed by atoms with Crippen molar-refractivity contribution in [3.63, 3.8) is 0 Å². The van der Waals surface area contributed by atoms with E-state index < -0.39 is 6.10 Å². The molecule has 4 heteroatoms. The lowest BCUT2D eigenvalue weighted by atomic mass is 10.3. The molecule has 0 aliphatic carbocycles. The highest BCUT2D eigenvalue weighted by Crippen LogP contribution is 2.16. The predicted octanol–water partition coefficient (Wildman–Crippen LogP) is 1.41. The summed E-state index contributed by atoms with van der Waals surface area (Å²) in [4.78, 5) is 0. The molecule has 0 spiro atoms. The summed E-state index contributed by atoms with van der Waals surface area (Å²) in [5.41, 5.74) is 1.85. The number of hydrogen-bond donors (Lipinski definition) is 3. The highest BCUT2D eigenvalue weighted by Gasteiger charge is 2.01. The Balaban J connectivity index is 2.41. The molecule has 0 aliphatic heterocycles. The van der Waals surface area contributed by atoms with Crippen molar-refractivity contribution in [3.8, 4) is 5.75 Å². The summed E-state index contributed by atoms with van der Waals surface area (Å²) in [7, 11) is 0. The monoisotopic (exact) mass is 237 g/mol. The van der Waals surface area contributed by atoms with Crippen LogP contribution in [0.5, 0.6) is 5.75 Å². The van der Waals surface area contributed by atoms with Crippen LogP contribution >= 0.6 is 0 Å². The molecule has 0 fully saturated rings. The van der Waals surface area contributed by atoms with Gasteiger partial charge in [0, 0.05) is 12.2 Å². The Morgan fingerprint density at radius 3 is 2.59 bits per heavy atom. The number of nitrogens with one attached hydrogen (secondary N) is 1. The van der Waals surface area contributed by atoms with Crippen molar-refractivity contribution in [1.82, 2.24) is 0 Å². The zero-order valence-corrected chi connectivity index (χ0v) is 10.0. The van der Waals surface area contributed by atoms with E-state index in [1.807, 2.05) is 31.2 Å². The summed E-state index contributed by atoms with van der Waals surface area (Å²) in [5.74, 6) is 0.779. The molecule has 0 heterocycles. The topological polar surface area (TPSA) is 61.7 Å². The maximum atomic E-state index is 9.17. The molecule has 0 amide bonds. The van der Waals surface area contributed by atoms with Crippen LogP contribution in [0.1, 0.15) is 6.92 Å². The van der Waals surface area contributed by atoms with E-state index in [0.717, 1.165) is 17.0 Å². The van der Waals surface area contributed by atoms with Gasteiger partial charge in [-0.3, -0.25) is 0 Å². The highest BCUT2D eigenvalue weighted by molar-refractivity contribution is 5.46. The van der Waals surface area contributed by atoms with Gasteiger partial charge < -0.3 is 20.3 Å². The van der Waals surface area contributed by atoms with Crippen molar-refractivity contribution in [2.75, 3.05) is 25.1 Å². The Labute approximate surface area is 102 Å². The third-order valence-corrected chi connectivity index (χ3v) is 2.09. The predicted molar refractivity (Wildman–Crippen MR) is 68.3 cm³/mol. The molecule has 17 heavy (non-hydrogen) atoms. The van der Waals surface area contributed by atoms with Gasteiger partial charge in [-0.2, -0.15) is 0 Å². The lowest BCUT2D eigenvalue weighted by molar-refractivity contribution is 0.105. The van der Waals surface area contributed by atoms with E-state index in [1.165, 1.54) is 0 Å². The Kier molecular flexibility index (Phi) is 5.52. The normalized spacial score (nSPS) is 11.9. The second-order valence-corrected chi connectivity index (χ2v) is 3.99. The van der Waals surface area contributed by atoms with Crippen LogP contribution in [0.15, 0.2) is 36.4 Å². The Morgan fingerprint density at radius 2 is 2.06 bits per heavy atom. The third kappa shape index (κ3) is 5.38. The molecule has 94 valence electrons. The zero-order chi connectivity index (χ0) is 12.7. The first-order valence-corrected chi connectivity index (χ1v) is 5.52. The molecule has 0 aromatic heterocycles. The first-order chi connectivity index (χ1) is 8.11. The summed E-state index contributed by atoms with van der Waals surface area (Å²) in [6.45, 7) is 6.25. The fraction of sp³-hybridized carbons (Fsp3) is 0.385. The van der Waals surface area contributed by atoms with Gasteiger partial charge in [0.15, 0.2) is 0 Å². The van der Waals surface area contributed by atoms with Crippen LogP contribution in [0.4, 0.5) is 5.69 Å². The van der Waals surface area contributed by atoms with Gasteiger partial charge in [-0.25, -0.2) is 0 Å². The molecule has 1 rings (SSSR count). The van der Waals surface area contributed by atoms with E-state index in [9.17, 15) is 5.11 Å². The number of aliphatic hydroxyl groups is 2. The van der Waals surface area contributed by atoms with Crippen LogP contribution in [-0.4, -0.2) is 36.1 Å². The molecule has 0 bridgehead atoms. The van der Waals surface area contributed by atoms with Crippen LogP contribution < -0.4 is 10.1 Å². The molecule has 0 aliphatic rings. The number of hydrogen-bond acceptors (Lipinski definition) is 4. The first-order valence-electron chi connectivity index (χ1n) is 5.52. The number of ether oxygens (including phenoxy) is 1. The van der Waals surface area contributed by atoms with Gasteiger partial charge in [0.25, 0.3) is 0 Å². The largest absolute Gasteiger partial charge is 0.489 e. The highest BCUT2D eigenvalue weighted by atomic mass is 16.5. The van der Waals surface area contributed by atoms with E-state index >= 15 is 0 Å². The second-order valence-electron chi connectivity index (χ2n) is 3.99. The fourth-order valence-corrected chi connectivity index (χ4v) is 1.18. The Bertz CT molecular complexity index is 348. The smallest absolute Gasteiger partial charge is 0.119 e. The van der Waals surface area contributed by atoms with Crippen LogP contribution in [-0.2, 0) is 0 Å². The molecule has 1 aromatic carbocycles. The van der Waals surface area contributed by atoms with Gasteiger partial charge in [-0.05, 0) is 36.8 Å². The van der Waals surface area contributed by atoms with E-state index in [2.05, 4.69) is 11.9 Å². The molecular weight excluding hydrogens is 218 g/mol. The van der Waals surface area contributed by atoms with Crippen LogP contribution in [0.25, 0.3) is 0 Å². The van der Waals surface area contributed by atoms with Gasteiger partial charge in [0.2, 0.25) is 0 Å². The van der Waals surface area contributed by atoms with Crippen molar-refractivity contribution in [2.45, 2.75) is 13.0 Å². The van der Waals surface area contributed by atoms with E-state index in [0.29, 0.717) is 13.2 Å². The van der Waals surface area contributed by atoms with Crippen molar-refractivity contribution < 1.29 is 14.9 Å². The number of aliphatic hydroxyl groups excluding tert-OH is 2. The van der Waals surface area contributed by atoms with Crippen LogP contribution in [0.2, 0.25) is 0 Å². The molecular formula is C13H19NO3. The fourth-order valence-electron chi connectivity index (χ4n) is 1.18. The van der Waals surface area contributed by atoms with E-state index in [1.54, 1.807) is 0 Å². The lowest BCUT2D eigenvalue weighted by Gasteiger charge is -2.11. The summed E-state index contributed by atoms with van der Waals surface area (Å²) in [5, 5.41) is 20.8. The minimum atomic E-state index is -0.741. The summed E-state index contributed by atoms with van der Waals surface area (Å²) >= 11 is 0. The minimum Gasteiger partial charge on any atom is -0.489 e. The maximum absolute atomic E-state index is 9.17. The summed E-state index contributed by atoms with van der Waals surface area (Å²) < 4.78 is 5.45. The van der Waals surface area contributed by atoms with Crippen molar-refractivity contribution in [2.24, 2.45) is 0 Å². The average Bonchev–Trinajstić information content (AvgIpc) is 2.34. The van der Waals surface area contributed by atoms with E-state index in [-0.39, 0.29) is 6.61 Å². The second kappa shape index (κ2) is 6.93. The van der Waals surface area contributed by atoms with Gasteiger partial charge in [0.1, 0.15) is 12.4 Å². The summed E-state index contributed by atoms with van der Waals surface area (Å²) in [6, 6.07) is 7.41. The first kappa shape index (κ1) is 13.5. The number of rotatable bonds is 7. The third-order valence-electron chi connectivity index (χ3n) is 2.09. The van der Waals surface area contributed by atoms with Gasteiger partial charge in [-0.1, -0.05) is 6.58 Å². The van der Waals surface area contributed by atoms with Crippen LogP contribution in [0.3, 0.4) is 0 Å². The molecule has 0 saturated carbocycles. The standard InChI is InChI=1S/C13H19NO3/c1-10(2)9-17-13-5-3-11(4-6-13)14-7-12(16)8-15/h3-6,12,14-16H,1,7-9H2,2H3. The Morgan fingerprint density at radius 1 is 1.41 bits per heavy atom. The van der Waals surface area contributed by atoms with Gasteiger partial charge in [-0.15, -0.1) is 0 Å².